The van der Waals surface area contributed by atoms with Crippen LogP contribution in [0.25, 0.3) is 0 Å². The van der Waals surface area contributed by atoms with Crippen molar-refractivity contribution in [3.63, 3.8) is 0 Å². The summed E-state index contributed by atoms with van der Waals surface area (Å²) in [6, 6.07) is 0. The van der Waals surface area contributed by atoms with Gasteiger partial charge in [0.15, 0.2) is 0 Å². The quantitative estimate of drug-likeness (QED) is 0.413. The summed E-state index contributed by atoms with van der Waals surface area (Å²) in [7, 11) is 0. The van der Waals surface area contributed by atoms with Gasteiger partial charge in [0.2, 0.25) is 0 Å². The Hall–Kier alpha value is 0.557. The van der Waals surface area contributed by atoms with E-state index in [1.165, 1.54) is 57.9 Å². The van der Waals surface area contributed by atoms with Gasteiger partial charge in [0.25, 0.3) is 0 Å². The first-order valence-corrected chi connectivity index (χ1v) is 6.12. The van der Waals surface area contributed by atoms with Gasteiger partial charge in [-0.2, -0.15) is 0 Å². The Labute approximate surface area is 103 Å². The first-order valence-electron chi connectivity index (χ1n) is 6.12. The van der Waals surface area contributed by atoms with Crippen molar-refractivity contribution in [2.75, 3.05) is 13.1 Å². The molecule has 1 N–H and O–H groups in total. The molecule has 0 aromatic rings. The molecule has 0 rings (SSSR count). The molecule has 1 radical (unpaired) electrons. The Morgan fingerprint density at radius 3 is 1.71 bits per heavy atom. The molecule has 0 aromatic heterocycles. The summed E-state index contributed by atoms with van der Waals surface area (Å²) >= 11 is 0. The SMILES string of the molecule is CCCCCCCCCCNCC.[Li]. The minimum Gasteiger partial charge on any atom is -0.317 e. The Morgan fingerprint density at radius 1 is 0.714 bits per heavy atom. The molecule has 0 heterocycles. The maximum atomic E-state index is 3.36. The van der Waals surface area contributed by atoms with E-state index in [0.717, 1.165) is 6.54 Å². The number of unbranched alkanes of at least 4 members (excludes halogenated alkanes) is 7. The second-order valence-corrected chi connectivity index (χ2v) is 3.83. The molecule has 0 aliphatic heterocycles. The van der Waals surface area contributed by atoms with Crippen molar-refractivity contribution in [2.24, 2.45) is 0 Å². The maximum absolute atomic E-state index is 3.36. The summed E-state index contributed by atoms with van der Waals surface area (Å²) in [5, 5.41) is 3.36. The van der Waals surface area contributed by atoms with E-state index < -0.39 is 0 Å². The van der Waals surface area contributed by atoms with Gasteiger partial charge >= 0.3 is 0 Å². The van der Waals surface area contributed by atoms with Crippen LogP contribution in [0.15, 0.2) is 0 Å². The fourth-order valence-corrected chi connectivity index (χ4v) is 1.56. The van der Waals surface area contributed by atoms with Crippen LogP contribution in [0.1, 0.15) is 65.2 Å². The van der Waals surface area contributed by atoms with Crippen LogP contribution < -0.4 is 5.32 Å². The number of hydrogen-bond acceptors (Lipinski definition) is 1. The Bertz CT molecular complexity index is 76.4. The monoisotopic (exact) mass is 192 g/mol. The summed E-state index contributed by atoms with van der Waals surface area (Å²) in [5.74, 6) is 0. The molecular formula is C12H27LiN. The maximum Gasteiger partial charge on any atom is 0 e. The molecule has 0 amide bonds. The van der Waals surface area contributed by atoms with Gasteiger partial charge in [-0.05, 0) is 19.5 Å². The predicted molar refractivity (Wildman–Crippen MR) is 66.9 cm³/mol. The van der Waals surface area contributed by atoms with Crippen LogP contribution >= 0.6 is 0 Å². The predicted octanol–water partition coefficient (Wildman–Crippen LogP) is 3.36. The van der Waals surface area contributed by atoms with Crippen molar-refractivity contribution in [3.05, 3.63) is 0 Å². The van der Waals surface area contributed by atoms with Crippen molar-refractivity contribution >= 4 is 18.9 Å². The fraction of sp³-hybridized carbons (Fsp3) is 1.00. The number of hydrogen-bond donors (Lipinski definition) is 1. The molecule has 0 aromatic carbocycles. The molecule has 0 unspecified atom stereocenters. The van der Waals surface area contributed by atoms with Gasteiger partial charge in [-0.1, -0.05) is 58.8 Å². The molecule has 2 heteroatoms. The summed E-state index contributed by atoms with van der Waals surface area (Å²) < 4.78 is 0. The van der Waals surface area contributed by atoms with Crippen LogP contribution in [0.4, 0.5) is 0 Å². The zero-order valence-electron chi connectivity index (χ0n) is 10.6. The Morgan fingerprint density at radius 2 is 1.21 bits per heavy atom. The van der Waals surface area contributed by atoms with Gasteiger partial charge in [-0.25, -0.2) is 0 Å². The third-order valence-electron chi connectivity index (χ3n) is 2.46. The molecule has 0 fully saturated rings. The number of rotatable bonds is 10. The minimum atomic E-state index is 0. The molecule has 0 aliphatic rings. The molecule has 0 spiro atoms. The van der Waals surface area contributed by atoms with E-state index in [1.54, 1.807) is 0 Å². The van der Waals surface area contributed by atoms with Crippen LogP contribution in [-0.4, -0.2) is 32.0 Å². The summed E-state index contributed by atoms with van der Waals surface area (Å²) in [6.45, 7) is 6.78. The van der Waals surface area contributed by atoms with Gasteiger partial charge in [-0.15, -0.1) is 0 Å². The second-order valence-electron chi connectivity index (χ2n) is 3.83. The third kappa shape index (κ3) is 15.0. The third-order valence-corrected chi connectivity index (χ3v) is 2.46. The average Bonchev–Trinajstić information content (AvgIpc) is 2.16. The van der Waals surface area contributed by atoms with E-state index in [4.69, 9.17) is 0 Å². The van der Waals surface area contributed by atoms with Gasteiger partial charge < -0.3 is 5.32 Å². The Balaban J connectivity index is 0. The van der Waals surface area contributed by atoms with Gasteiger partial charge in [0, 0.05) is 18.9 Å². The molecule has 81 valence electrons. The van der Waals surface area contributed by atoms with E-state index in [-0.39, 0.29) is 18.9 Å². The van der Waals surface area contributed by atoms with E-state index in [0.29, 0.717) is 0 Å². The second kappa shape index (κ2) is 16.0. The first-order chi connectivity index (χ1) is 6.41. The largest absolute Gasteiger partial charge is 0.317 e. The molecule has 1 nitrogen and oxygen atoms in total. The molecular weight excluding hydrogens is 165 g/mol. The summed E-state index contributed by atoms with van der Waals surface area (Å²) in [6.07, 6.45) is 11.4. The van der Waals surface area contributed by atoms with E-state index in [1.807, 2.05) is 0 Å². The molecule has 0 saturated carbocycles. The standard InChI is InChI=1S/C12H27N.Li/c1-3-5-6-7-8-9-10-11-12-13-4-2;/h13H,3-12H2,1-2H3;. The summed E-state index contributed by atoms with van der Waals surface area (Å²) in [5.41, 5.74) is 0. The molecule has 0 bridgehead atoms. The first kappa shape index (κ1) is 17.0. The van der Waals surface area contributed by atoms with Crippen molar-refractivity contribution in [3.8, 4) is 0 Å². The van der Waals surface area contributed by atoms with Gasteiger partial charge in [-0.3, -0.25) is 0 Å². The van der Waals surface area contributed by atoms with Crippen LogP contribution in [0, 0.1) is 0 Å². The van der Waals surface area contributed by atoms with Crippen molar-refractivity contribution in [1.82, 2.24) is 5.32 Å². The van der Waals surface area contributed by atoms with Crippen molar-refractivity contribution in [2.45, 2.75) is 65.2 Å². The van der Waals surface area contributed by atoms with Crippen LogP contribution in [0.2, 0.25) is 0 Å². The fourth-order valence-electron chi connectivity index (χ4n) is 1.56. The normalized spacial score (nSPS) is 9.86. The van der Waals surface area contributed by atoms with E-state index in [2.05, 4.69) is 19.2 Å². The molecule has 0 aliphatic carbocycles. The van der Waals surface area contributed by atoms with E-state index >= 15 is 0 Å². The van der Waals surface area contributed by atoms with Gasteiger partial charge in [0.1, 0.15) is 0 Å². The molecule has 0 atom stereocenters. The Kier molecular flexibility index (Phi) is 19.4. The summed E-state index contributed by atoms with van der Waals surface area (Å²) in [4.78, 5) is 0. The minimum absolute atomic E-state index is 0. The van der Waals surface area contributed by atoms with Crippen LogP contribution in [0.5, 0.6) is 0 Å². The topological polar surface area (TPSA) is 12.0 Å². The molecule has 14 heavy (non-hydrogen) atoms. The van der Waals surface area contributed by atoms with Crippen molar-refractivity contribution < 1.29 is 0 Å². The van der Waals surface area contributed by atoms with Crippen LogP contribution in [-0.2, 0) is 0 Å². The zero-order valence-corrected chi connectivity index (χ0v) is 10.6. The van der Waals surface area contributed by atoms with Gasteiger partial charge in [0.05, 0.1) is 0 Å². The van der Waals surface area contributed by atoms with E-state index in [9.17, 15) is 0 Å². The molecule has 0 saturated heterocycles. The number of nitrogens with one attached hydrogen (secondary N) is 1. The zero-order chi connectivity index (χ0) is 9.78. The van der Waals surface area contributed by atoms with Crippen LogP contribution in [0.3, 0.4) is 0 Å². The average molecular weight is 192 g/mol. The van der Waals surface area contributed by atoms with Crippen molar-refractivity contribution in [1.29, 1.82) is 0 Å². The smallest absolute Gasteiger partial charge is 0 e.